The number of benzene rings is 3. The van der Waals surface area contributed by atoms with Crippen LogP contribution in [0.5, 0.6) is 11.5 Å². The lowest BCUT2D eigenvalue weighted by molar-refractivity contribution is -0.139. The molecule has 0 aliphatic rings. The first-order valence-corrected chi connectivity index (χ1v) is 10.9. The maximum Gasteiger partial charge on any atom is 0.341 e. The van der Waals surface area contributed by atoms with Crippen molar-refractivity contribution in [2.75, 3.05) is 19.0 Å². The molecule has 9 heteroatoms. The third-order valence-corrected chi connectivity index (χ3v) is 5.35. The Morgan fingerprint density at radius 2 is 1.62 bits per heavy atom. The summed E-state index contributed by atoms with van der Waals surface area (Å²) in [5.74, 6) is -1.18. The summed E-state index contributed by atoms with van der Waals surface area (Å²) in [7, 11) is 0. The van der Waals surface area contributed by atoms with Gasteiger partial charge in [0.1, 0.15) is 22.7 Å². The smallest absolute Gasteiger partial charge is 0.341 e. The van der Waals surface area contributed by atoms with Gasteiger partial charge in [0, 0.05) is 21.7 Å². The quantitative estimate of drug-likeness (QED) is 0.262. The summed E-state index contributed by atoms with van der Waals surface area (Å²) in [5, 5.41) is 30.3. The number of aromatic hydroxyl groups is 2. The van der Waals surface area contributed by atoms with Crippen LogP contribution >= 0.6 is 11.8 Å². The second-order valence-corrected chi connectivity index (χ2v) is 7.52. The molecular formula is C23H22N2O6S. The van der Waals surface area contributed by atoms with Gasteiger partial charge in [-0.25, -0.2) is 4.79 Å². The number of esters is 2. The number of carbonyl (C=O) groups excluding carboxylic acids is 2. The van der Waals surface area contributed by atoms with Crippen molar-refractivity contribution in [3.63, 3.8) is 0 Å². The minimum absolute atomic E-state index is 0.0339. The number of phenolic OH excluding ortho intramolecular Hbond substituents is 2. The van der Waals surface area contributed by atoms with E-state index in [1.54, 1.807) is 38.1 Å². The molecule has 0 aliphatic carbocycles. The number of thioether (sulfide) groups is 1. The van der Waals surface area contributed by atoms with Gasteiger partial charge in [-0.05, 0) is 32.0 Å². The SMILES string of the molecule is CCOC(=O)CSc1cc(O)c2ccccc2c1N=Nc1ccc(C(=O)OCC)c(O)c1. The Balaban J connectivity index is 1.97. The Morgan fingerprint density at radius 1 is 0.906 bits per heavy atom. The molecule has 2 N–H and O–H groups in total. The fourth-order valence-electron chi connectivity index (χ4n) is 2.94. The lowest BCUT2D eigenvalue weighted by Gasteiger charge is -2.10. The van der Waals surface area contributed by atoms with E-state index in [1.165, 1.54) is 36.0 Å². The molecule has 0 saturated carbocycles. The van der Waals surface area contributed by atoms with Gasteiger partial charge in [0.25, 0.3) is 0 Å². The maximum atomic E-state index is 11.9. The fourth-order valence-corrected chi connectivity index (χ4v) is 3.78. The van der Waals surface area contributed by atoms with Gasteiger partial charge in [0.05, 0.1) is 24.7 Å². The minimum Gasteiger partial charge on any atom is -0.507 e. The van der Waals surface area contributed by atoms with Crippen LogP contribution in [0.4, 0.5) is 11.4 Å². The predicted octanol–water partition coefficient (Wildman–Crippen LogP) is 5.50. The van der Waals surface area contributed by atoms with Crippen molar-refractivity contribution in [2.45, 2.75) is 18.7 Å². The number of nitrogens with zero attached hydrogens (tertiary/aromatic N) is 2. The molecule has 166 valence electrons. The number of carbonyl (C=O) groups is 2. The van der Waals surface area contributed by atoms with E-state index in [0.29, 0.717) is 27.0 Å². The van der Waals surface area contributed by atoms with Crippen molar-refractivity contribution in [3.05, 3.63) is 54.1 Å². The molecule has 3 aromatic carbocycles. The van der Waals surface area contributed by atoms with Crippen molar-refractivity contribution >= 4 is 45.8 Å². The predicted molar refractivity (Wildman–Crippen MR) is 121 cm³/mol. The summed E-state index contributed by atoms with van der Waals surface area (Å²) >= 11 is 1.18. The molecule has 8 nitrogen and oxygen atoms in total. The number of ether oxygens (including phenoxy) is 2. The number of azo groups is 1. The highest BCUT2D eigenvalue weighted by Gasteiger charge is 2.15. The molecule has 3 aromatic rings. The van der Waals surface area contributed by atoms with Crippen LogP contribution in [0, 0.1) is 0 Å². The van der Waals surface area contributed by atoms with Crippen LogP contribution in [0.2, 0.25) is 0 Å². The van der Waals surface area contributed by atoms with Gasteiger partial charge in [-0.1, -0.05) is 24.3 Å². The molecule has 32 heavy (non-hydrogen) atoms. The van der Waals surface area contributed by atoms with E-state index in [-0.39, 0.29) is 42.0 Å². The van der Waals surface area contributed by atoms with Crippen LogP contribution in [0.1, 0.15) is 24.2 Å². The summed E-state index contributed by atoms with van der Waals surface area (Å²) in [6.07, 6.45) is 0. The number of rotatable bonds is 8. The lowest BCUT2D eigenvalue weighted by atomic mass is 10.1. The van der Waals surface area contributed by atoms with Crippen LogP contribution < -0.4 is 0 Å². The highest BCUT2D eigenvalue weighted by atomic mass is 32.2. The van der Waals surface area contributed by atoms with Crippen molar-refractivity contribution in [1.29, 1.82) is 0 Å². The van der Waals surface area contributed by atoms with Crippen molar-refractivity contribution in [1.82, 2.24) is 0 Å². The van der Waals surface area contributed by atoms with Gasteiger partial charge in [-0.15, -0.1) is 16.9 Å². The highest BCUT2D eigenvalue weighted by Crippen LogP contribution is 2.42. The molecule has 0 unspecified atom stereocenters. The summed E-state index contributed by atoms with van der Waals surface area (Å²) in [6, 6.07) is 12.9. The number of fused-ring (bicyclic) bond motifs is 1. The van der Waals surface area contributed by atoms with Crippen LogP contribution in [0.15, 0.2) is 63.7 Å². The van der Waals surface area contributed by atoms with Gasteiger partial charge in [-0.2, -0.15) is 5.11 Å². The Hall–Kier alpha value is -3.59. The second-order valence-electron chi connectivity index (χ2n) is 6.50. The van der Waals surface area contributed by atoms with Crippen molar-refractivity contribution in [3.8, 4) is 11.5 Å². The normalized spacial score (nSPS) is 11.1. The standard InChI is InChI=1S/C23H22N2O6S/c1-3-30-21(28)13-32-20-12-19(27)15-7-5-6-8-16(15)22(20)25-24-14-9-10-17(18(26)11-14)23(29)31-4-2/h5-12,26-27H,3-4,13H2,1-2H3. The van der Waals surface area contributed by atoms with E-state index >= 15 is 0 Å². The average molecular weight is 455 g/mol. The monoisotopic (exact) mass is 454 g/mol. The second kappa shape index (κ2) is 10.6. The van der Waals surface area contributed by atoms with Gasteiger partial charge in [-0.3, -0.25) is 4.79 Å². The molecule has 0 aliphatic heterocycles. The van der Waals surface area contributed by atoms with E-state index in [9.17, 15) is 19.8 Å². The zero-order valence-corrected chi connectivity index (χ0v) is 18.4. The first-order valence-electron chi connectivity index (χ1n) is 9.89. The van der Waals surface area contributed by atoms with Gasteiger partial charge < -0.3 is 19.7 Å². The summed E-state index contributed by atoms with van der Waals surface area (Å²) in [5.41, 5.74) is 0.808. The molecule has 0 radical (unpaired) electrons. The largest absolute Gasteiger partial charge is 0.507 e. The third-order valence-electron chi connectivity index (χ3n) is 4.35. The van der Waals surface area contributed by atoms with E-state index in [4.69, 9.17) is 9.47 Å². The Morgan fingerprint density at radius 3 is 2.31 bits per heavy atom. The zero-order valence-electron chi connectivity index (χ0n) is 17.6. The van der Waals surface area contributed by atoms with E-state index in [2.05, 4.69) is 10.2 Å². The lowest BCUT2D eigenvalue weighted by Crippen LogP contribution is -2.06. The molecule has 0 saturated heterocycles. The van der Waals surface area contributed by atoms with Gasteiger partial charge >= 0.3 is 11.9 Å². The van der Waals surface area contributed by atoms with Crippen molar-refractivity contribution < 1.29 is 29.3 Å². The summed E-state index contributed by atoms with van der Waals surface area (Å²) in [4.78, 5) is 24.2. The van der Waals surface area contributed by atoms with Crippen LogP contribution in [-0.4, -0.2) is 41.1 Å². The Kier molecular flexibility index (Phi) is 7.67. The van der Waals surface area contributed by atoms with Crippen LogP contribution in [0.25, 0.3) is 10.8 Å². The first kappa shape index (κ1) is 23.1. The molecule has 0 amide bonds. The Bertz CT molecular complexity index is 1180. The zero-order chi connectivity index (χ0) is 23.1. The summed E-state index contributed by atoms with van der Waals surface area (Å²) in [6.45, 7) is 3.88. The molecule has 0 aromatic heterocycles. The van der Waals surface area contributed by atoms with E-state index in [0.717, 1.165) is 0 Å². The molecule has 0 spiro atoms. The summed E-state index contributed by atoms with van der Waals surface area (Å²) < 4.78 is 9.87. The van der Waals surface area contributed by atoms with Gasteiger partial charge in [0.2, 0.25) is 0 Å². The third kappa shape index (κ3) is 5.36. The van der Waals surface area contributed by atoms with E-state index < -0.39 is 5.97 Å². The number of hydrogen-bond acceptors (Lipinski definition) is 9. The fraction of sp³-hybridized carbons (Fsp3) is 0.217. The minimum atomic E-state index is -0.629. The first-order chi connectivity index (χ1) is 15.4. The maximum absolute atomic E-state index is 11.9. The van der Waals surface area contributed by atoms with Crippen molar-refractivity contribution in [2.24, 2.45) is 10.2 Å². The topological polar surface area (TPSA) is 118 Å². The number of phenols is 2. The molecule has 0 bridgehead atoms. The number of hydrogen-bond donors (Lipinski definition) is 2. The molecule has 0 heterocycles. The molecule has 0 fully saturated rings. The van der Waals surface area contributed by atoms with Crippen LogP contribution in [-0.2, 0) is 14.3 Å². The van der Waals surface area contributed by atoms with Gasteiger partial charge in [0.15, 0.2) is 0 Å². The van der Waals surface area contributed by atoms with Crippen LogP contribution in [0.3, 0.4) is 0 Å². The molecular weight excluding hydrogens is 432 g/mol. The molecule has 0 atom stereocenters. The highest BCUT2D eigenvalue weighted by molar-refractivity contribution is 8.00. The Labute approximate surface area is 188 Å². The van der Waals surface area contributed by atoms with E-state index in [1.807, 2.05) is 0 Å². The average Bonchev–Trinajstić information content (AvgIpc) is 2.77. The molecule has 3 rings (SSSR count).